The van der Waals surface area contributed by atoms with Crippen molar-refractivity contribution < 1.29 is 8.78 Å². The van der Waals surface area contributed by atoms with Gasteiger partial charge >= 0.3 is 0 Å². The predicted molar refractivity (Wildman–Crippen MR) is 80.0 cm³/mol. The highest BCUT2D eigenvalue weighted by molar-refractivity contribution is 5.47. The molecule has 1 aromatic rings. The minimum absolute atomic E-state index is 0.000480. The number of nitrogens with zero attached hydrogens (tertiary/aromatic N) is 1. The smallest absolute Gasteiger partial charge is 0.168 e. The molecule has 0 radical (unpaired) electrons. The minimum atomic E-state index is -0.663. The van der Waals surface area contributed by atoms with Crippen LogP contribution in [-0.2, 0) is 0 Å². The summed E-state index contributed by atoms with van der Waals surface area (Å²) < 4.78 is 27.3. The summed E-state index contributed by atoms with van der Waals surface area (Å²) in [5.74, 6) is -0.693. The van der Waals surface area contributed by atoms with E-state index in [4.69, 9.17) is 0 Å². The number of anilines is 2. The quantitative estimate of drug-likeness (QED) is 0.785. The summed E-state index contributed by atoms with van der Waals surface area (Å²) in [4.78, 5) is 4.00. The Hall–Kier alpha value is -1.39. The molecule has 0 saturated carbocycles. The molecule has 0 aliphatic heterocycles. The zero-order chi connectivity index (χ0) is 15.3. The Kier molecular flexibility index (Phi) is 5.72. The standard InChI is InChI=1S/C15H25F2N3/c1-6-7-18-13-11(16)8-12(17)14(20-13)19-9-15(4,5)10(2)3/h8,10H,6-7,9H2,1-5H3,(H2,18,19,20). The van der Waals surface area contributed by atoms with Gasteiger partial charge in [0.25, 0.3) is 0 Å². The summed E-state index contributed by atoms with van der Waals surface area (Å²) >= 11 is 0. The van der Waals surface area contributed by atoms with Crippen LogP contribution in [0.3, 0.4) is 0 Å². The average Bonchev–Trinajstić information content (AvgIpc) is 2.36. The molecule has 1 aromatic heterocycles. The van der Waals surface area contributed by atoms with Gasteiger partial charge in [-0.15, -0.1) is 0 Å². The maximum absolute atomic E-state index is 13.7. The van der Waals surface area contributed by atoms with Gasteiger partial charge in [-0.3, -0.25) is 0 Å². The fraction of sp³-hybridized carbons (Fsp3) is 0.667. The summed E-state index contributed by atoms with van der Waals surface area (Å²) in [5, 5.41) is 5.84. The van der Waals surface area contributed by atoms with Crippen LogP contribution in [0.25, 0.3) is 0 Å². The largest absolute Gasteiger partial charge is 0.368 e. The Morgan fingerprint density at radius 2 is 1.70 bits per heavy atom. The van der Waals surface area contributed by atoms with Crippen molar-refractivity contribution >= 4 is 11.6 Å². The van der Waals surface area contributed by atoms with Gasteiger partial charge in [0.1, 0.15) is 0 Å². The molecule has 1 heterocycles. The van der Waals surface area contributed by atoms with E-state index in [9.17, 15) is 8.78 Å². The zero-order valence-electron chi connectivity index (χ0n) is 13.0. The number of hydrogen-bond donors (Lipinski definition) is 2. The summed E-state index contributed by atoms with van der Waals surface area (Å²) in [6.45, 7) is 11.6. The van der Waals surface area contributed by atoms with E-state index in [1.165, 1.54) is 0 Å². The lowest BCUT2D eigenvalue weighted by molar-refractivity contribution is 0.269. The Balaban J connectivity index is 2.84. The van der Waals surface area contributed by atoms with Gasteiger partial charge in [-0.25, -0.2) is 13.8 Å². The summed E-state index contributed by atoms with van der Waals surface area (Å²) in [6.07, 6.45) is 0.849. The van der Waals surface area contributed by atoms with Gasteiger partial charge in [-0.1, -0.05) is 34.6 Å². The van der Waals surface area contributed by atoms with E-state index < -0.39 is 11.6 Å². The normalized spacial score (nSPS) is 11.8. The van der Waals surface area contributed by atoms with Crippen LogP contribution in [0.4, 0.5) is 20.4 Å². The Morgan fingerprint density at radius 1 is 1.15 bits per heavy atom. The molecule has 1 rings (SSSR count). The third-order valence-corrected chi connectivity index (χ3v) is 3.75. The highest BCUT2D eigenvalue weighted by atomic mass is 19.1. The molecular formula is C15H25F2N3. The highest BCUT2D eigenvalue weighted by Gasteiger charge is 2.23. The number of aromatic nitrogens is 1. The van der Waals surface area contributed by atoms with E-state index >= 15 is 0 Å². The monoisotopic (exact) mass is 285 g/mol. The summed E-state index contributed by atoms with van der Waals surface area (Å²) in [6, 6.07) is 0.871. The second-order valence-corrected chi connectivity index (χ2v) is 6.07. The zero-order valence-corrected chi connectivity index (χ0v) is 13.0. The van der Waals surface area contributed by atoms with E-state index in [1.807, 2.05) is 6.92 Å². The molecule has 0 aliphatic rings. The van der Waals surface area contributed by atoms with E-state index in [2.05, 4.69) is 43.3 Å². The number of rotatable bonds is 7. The molecule has 114 valence electrons. The van der Waals surface area contributed by atoms with Crippen molar-refractivity contribution in [2.24, 2.45) is 11.3 Å². The summed E-state index contributed by atoms with van der Waals surface area (Å²) in [7, 11) is 0. The van der Waals surface area contributed by atoms with Crippen molar-refractivity contribution in [2.75, 3.05) is 23.7 Å². The van der Waals surface area contributed by atoms with Crippen molar-refractivity contribution in [1.29, 1.82) is 0 Å². The molecular weight excluding hydrogens is 260 g/mol. The predicted octanol–water partition coefficient (Wildman–Crippen LogP) is 4.28. The Labute approximate surface area is 120 Å². The average molecular weight is 285 g/mol. The fourth-order valence-corrected chi connectivity index (χ4v) is 1.47. The lowest BCUT2D eigenvalue weighted by atomic mass is 9.81. The first-order chi connectivity index (χ1) is 9.27. The second kappa shape index (κ2) is 6.86. The van der Waals surface area contributed by atoms with Crippen LogP contribution in [0.15, 0.2) is 6.07 Å². The Bertz CT molecular complexity index is 445. The third kappa shape index (κ3) is 4.32. The van der Waals surface area contributed by atoms with Crippen molar-refractivity contribution in [2.45, 2.75) is 41.0 Å². The molecule has 3 nitrogen and oxygen atoms in total. The van der Waals surface area contributed by atoms with Gasteiger partial charge in [-0.05, 0) is 17.8 Å². The van der Waals surface area contributed by atoms with Gasteiger partial charge in [0.05, 0.1) is 0 Å². The highest BCUT2D eigenvalue weighted by Crippen LogP contribution is 2.27. The molecule has 0 atom stereocenters. The molecule has 2 N–H and O–H groups in total. The van der Waals surface area contributed by atoms with Gasteiger partial charge in [0.2, 0.25) is 0 Å². The number of pyridine rings is 1. The van der Waals surface area contributed by atoms with E-state index in [1.54, 1.807) is 0 Å². The molecule has 0 aromatic carbocycles. The van der Waals surface area contributed by atoms with E-state index in [0.717, 1.165) is 12.5 Å². The van der Waals surface area contributed by atoms with Crippen molar-refractivity contribution in [3.63, 3.8) is 0 Å². The molecule has 0 unspecified atom stereocenters. The summed E-state index contributed by atoms with van der Waals surface area (Å²) in [5.41, 5.74) is -0.000480. The topological polar surface area (TPSA) is 37.0 Å². The molecule has 0 saturated heterocycles. The van der Waals surface area contributed by atoms with Gasteiger partial charge in [0, 0.05) is 19.2 Å². The van der Waals surface area contributed by atoms with Crippen LogP contribution in [0.1, 0.15) is 41.0 Å². The number of nitrogens with one attached hydrogen (secondary N) is 2. The van der Waals surface area contributed by atoms with Gasteiger partial charge in [0.15, 0.2) is 23.3 Å². The molecule has 5 heteroatoms. The fourth-order valence-electron chi connectivity index (χ4n) is 1.47. The van der Waals surface area contributed by atoms with Crippen LogP contribution in [0.2, 0.25) is 0 Å². The molecule has 0 fully saturated rings. The molecule has 0 amide bonds. The first kappa shape index (κ1) is 16.7. The van der Waals surface area contributed by atoms with E-state index in [0.29, 0.717) is 19.0 Å². The lowest BCUT2D eigenvalue weighted by Gasteiger charge is -2.29. The van der Waals surface area contributed by atoms with Crippen molar-refractivity contribution in [1.82, 2.24) is 4.98 Å². The van der Waals surface area contributed by atoms with Crippen LogP contribution >= 0.6 is 0 Å². The number of hydrogen-bond acceptors (Lipinski definition) is 3. The third-order valence-electron chi connectivity index (χ3n) is 3.75. The maximum Gasteiger partial charge on any atom is 0.168 e. The SMILES string of the molecule is CCCNc1nc(NCC(C)(C)C(C)C)c(F)cc1F. The number of halogens is 2. The van der Waals surface area contributed by atoms with Crippen LogP contribution in [-0.4, -0.2) is 18.1 Å². The van der Waals surface area contributed by atoms with Gasteiger partial charge < -0.3 is 10.6 Å². The van der Waals surface area contributed by atoms with Crippen molar-refractivity contribution in [3.05, 3.63) is 17.7 Å². The molecule has 0 bridgehead atoms. The van der Waals surface area contributed by atoms with Crippen molar-refractivity contribution in [3.8, 4) is 0 Å². The van der Waals surface area contributed by atoms with Gasteiger partial charge in [-0.2, -0.15) is 0 Å². The Morgan fingerprint density at radius 3 is 2.20 bits per heavy atom. The lowest BCUT2D eigenvalue weighted by Crippen LogP contribution is -2.29. The second-order valence-electron chi connectivity index (χ2n) is 6.07. The maximum atomic E-state index is 13.7. The molecule has 0 spiro atoms. The van der Waals surface area contributed by atoms with E-state index in [-0.39, 0.29) is 17.1 Å². The first-order valence-electron chi connectivity index (χ1n) is 7.11. The minimum Gasteiger partial charge on any atom is -0.368 e. The molecule has 20 heavy (non-hydrogen) atoms. The van der Waals surface area contributed by atoms with Crippen LogP contribution < -0.4 is 10.6 Å². The molecule has 0 aliphatic carbocycles. The first-order valence-corrected chi connectivity index (χ1v) is 7.11. The van der Waals surface area contributed by atoms with Crippen LogP contribution in [0.5, 0.6) is 0 Å². The van der Waals surface area contributed by atoms with Crippen LogP contribution in [0, 0.1) is 23.0 Å².